The van der Waals surface area contributed by atoms with Crippen LogP contribution in [-0.4, -0.2) is 74.2 Å². The van der Waals surface area contributed by atoms with E-state index in [-0.39, 0.29) is 11.8 Å². The van der Waals surface area contributed by atoms with Gasteiger partial charge in [0.15, 0.2) is 0 Å². The first-order valence-electron chi connectivity index (χ1n) is 12.0. The Morgan fingerprint density at radius 2 is 1.61 bits per heavy atom. The standard InChI is InChI=1S/C24H37N3O3S/c1-20-9-14-25(15-10-20)18-21-6-5-13-26(19-21)24(28)22-11-16-27(17-12-22)31(29,30)23-7-3-2-4-8-23/h2-4,7-8,20-22H,5-6,9-19H2,1H3. The van der Waals surface area contributed by atoms with E-state index in [0.29, 0.717) is 36.7 Å². The average Bonchev–Trinajstić information content (AvgIpc) is 2.81. The molecule has 6 nitrogen and oxygen atoms in total. The van der Waals surface area contributed by atoms with Crippen LogP contribution in [0.1, 0.15) is 45.4 Å². The minimum atomic E-state index is -3.46. The summed E-state index contributed by atoms with van der Waals surface area (Å²) in [5.41, 5.74) is 0. The van der Waals surface area contributed by atoms with Crippen molar-refractivity contribution >= 4 is 15.9 Å². The fourth-order valence-electron chi connectivity index (χ4n) is 5.37. The van der Waals surface area contributed by atoms with Crippen LogP contribution in [-0.2, 0) is 14.8 Å². The highest BCUT2D eigenvalue weighted by Gasteiger charge is 2.35. The van der Waals surface area contributed by atoms with E-state index in [9.17, 15) is 13.2 Å². The molecule has 1 unspecified atom stereocenters. The predicted octanol–water partition coefficient (Wildman–Crippen LogP) is 3.06. The number of hydrogen-bond acceptors (Lipinski definition) is 4. The molecule has 31 heavy (non-hydrogen) atoms. The zero-order valence-corrected chi connectivity index (χ0v) is 19.6. The van der Waals surface area contributed by atoms with Gasteiger partial charge in [-0.25, -0.2) is 8.42 Å². The second-order valence-corrected chi connectivity index (χ2v) is 11.7. The second-order valence-electron chi connectivity index (χ2n) is 9.77. The molecule has 3 aliphatic rings. The minimum Gasteiger partial charge on any atom is -0.342 e. The Bertz CT molecular complexity index is 829. The number of sulfonamides is 1. The number of likely N-dealkylation sites (tertiary alicyclic amines) is 2. The Hall–Kier alpha value is -1.44. The number of nitrogens with zero attached hydrogens (tertiary/aromatic N) is 3. The molecule has 0 aliphatic carbocycles. The van der Waals surface area contributed by atoms with Crippen LogP contribution < -0.4 is 0 Å². The van der Waals surface area contributed by atoms with E-state index >= 15 is 0 Å². The average molecular weight is 448 g/mol. The molecule has 3 heterocycles. The molecule has 3 saturated heterocycles. The van der Waals surface area contributed by atoms with E-state index in [1.807, 2.05) is 6.07 Å². The summed E-state index contributed by atoms with van der Waals surface area (Å²) >= 11 is 0. The van der Waals surface area contributed by atoms with Crippen molar-refractivity contribution in [1.29, 1.82) is 0 Å². The van der Waals surface area contributed by atoms with Crippen molar-refractivity contribution < 1.29 is 13.2 Å². The Labute approximate surface area is 187 Å². The van der Waals surface area contributed by atoms with Crippen LogP contribution in [0.3, 0.4) is 0 Å². The van der Waals surface area contributed by atoms with Gasteiger partial charge in [0.25, 0.3) is 0 Å². The molecular formula is C24H37N3O3S. The van der Waals surface area contributed by atoms with E-state index in [1.54, 1.807) is 28.6 Å². The Morgan fingerprint density at radius 3 is 2.29 bits per heavy atom. The summed E-state index contributed by atoms with van der Waals surface area (Å²) in [5.74, 6) is 1.62. The number of hydrogen-bond donors (Lipinski definition) is 0. The number of rotatable bonds is 5. The fourth-order valence-corrected chi connectivity index (χ4v) is 6.86. The zero-order chi connectivity index (χ0) is 21.8. The van der Waals surface area contributed by atoms with Gasteiger partial charge in [-0.15, -0.1) is 0 Å². The third-order valence-corrected chi connectivity index (χ3v) is 9.32. The molecule has 3 aliphatic heterocycles. The largest absolute Gasteiger partial charge is 0.342 e. The van der Waals surface area contributed by atoms with E-state index < -0.39 is 10.0 Å². The smallest absolute Gasteiger partial charge is 0.243 e. The van der Waals surface area contributed by atoms with Crippen molar-refractivity contribution in [2.45, 2.75) is 50.3 Å². The zero-order valence-electron chi connectivity index (χ0n) is 18.8. The lowest BCUT2D eigenvalue weighted by atomic mass is 9.91. The molecule has 3 fully saturated rings. The highest BCUT2D eigenvalue weighted by atomic mass is 32.2. The molecule has 7 heteroatoms. The van der Waals surface area contributed by atoms with E-state index in [2.05, 4.69) is 16.7 Å². The topological polar surface area (TPSA) is 60.9 Å². The van der Waals surface area contributed by atoms with Crippen LogP contribution in [0.4, 0.5) is 0 Å². The molecule has 0 radical (unpaired) electrons. The van der Waals surface area contributed by atoms with E-state index in [4.69, 9.17) is 0 Å². The first-order chi connectivity index (χ1) is 14.9. The molecule has 0 N–H and O–H groups in total. The molecule has 1 aromatic rings. The van der Waals surface area contributed by atoms with Crippen LogP contribution >= 0.6 is 0 Å². The van der Waals surface area contributed by atoms with Gasteiger partial charge in [-0.2, -0.15) is 4.31 Å². The minimum absolute atomic E-state index is 0.0446. The molecule has 0 aromatic heterocycles. The maximum absolute atomic E-state index is 13.2. The first-order valence-corrected chi connectivity index (χ1v) is 13.4. The van der Waals surface area contributed by atoms with Crippen LogP contribution in [0.25, 0.3) is 0 Å². The van der Waals surface area contributed by atoms with Crippen LogP contribution in [0.5, 0.6) is 0 Å². The highest BCUT2D eigenvalue weighted by molar-refractivity contribution is 7.89. The van der Waals surface area contributed by atoms with Crippen molar-refractivity contribution in [3.63, 3.8) is 0 Å². The van der Waals surface area contributed by atoms with Crippen molar-refractivity contribution in [2.75, 3.05) is 45.8 Å². The maximum Gasteiger partial charge on any atom is 0.243 e. The molecule has 172 valence electrons. The van der Waals surface area contributed by atoms with Gasteiger partial charge < -0.3 is 9.80 Å². The molecule has 1 amide bonds. The number of carbonyl (C=O) groups is 1. The molecule has 1 aromatic carbocycles. The number of benzene rings is 1. The van der Waals surface area contributed by atoms with Gasteiger partial charge in [0.05, 0.1) is 4.90 Å². The summed E-state index contributed by atoms with van der Waals surface area (Å²) in [4.78, 5) is 18.2. The van der Waals surface area contributed by atoms with Crippen molar-refractivity contribution in [1.82, 2.24) is 14.1 Å². The summed E-state index contributed by atoms with van der Waals surface area (Å²) in [6.07, 6.45) is 6.12. The third-order valence-electron chi connectivity index (χ3n) is 7.41. The van der Waals surface area contributed by atoms with Gasteiger partial charge in [-0.05, 0) is 75.6 Å². The van der Waals surface area contributed by atoms with E-state index in [1.165, 1.54) is 32.4 Å². The quantitative estimate of drug-likeness (QED) is 0.696. The van der Waals surface area contributed by atoms with Crippen LogP contribution in [0.15, 0.2) is 35.2 Å². The normalized spacial score (nSPS) is 25.6. The lowest BCUT2D eigenvalue weighted by Gasteiger charge is -2.40. The van der Waals surface area contributed by atoms with Gasteiger partial charge in [0, 0.05) is 38.6 Å². The molecule has 4 rings (SSSR count). The lowest BCUT2D eigenvalue weighted by molar-refractivity contribution is -0.138. The number of amides is 1. The molecule has 0 spiro atoms. The third kappa shape index (κ3) is 5.49. The molecule has 0 bridgehead atoms. The summed E-state index contributed by atoms with van der Waals surface area (Å²) in [6, 6.07) is 8.61. The summed E-state index contributed by atoms with van der Waals surface area (Å²) in [5, 5.41) is 0. The van der Waals surface area contributed by atoms with Crippen molar-refractivity contribution in [3.8, 4) is 0 Å². The van der Waals surface area contributed by atoms with Crippen molar-refractivity contribution in [3.05, 3.63) is 30.3 Å². The number of carbonyl (C=O) groups excluding carboxylic acids is 1. The first kappa shape index (κ1) is 22.7. The summed E-state index contributed by atoms with van der Waals surface area (Å²) < 4.78 is 27.2. The Morgan fingerprint density at radius 1 is 0.935 bits per heavy atom. The SMILES string of the molecule is CC1CCN(CC2CCCN(C(=O)C3CCN(S(=O)(=O)c4ccccc4)CC3)C2)CC1. The van der Waals surface area contributed by atoms with Crippen molar-refractivity contribution in [2.24, 2.45) is 17.8 Å². The van der Waals surface area contributed by atoms with E-state index in [0.717, 1.165) is 32.0 Å². The molecule has 0 saturated carbocycles. The van der Waals surface area contributed by atoms with Gasteiger partial charge in [0.1, 0.15) is 0 Å². The fraction of sp³-hybridized carbons (Fsp3) is 0.708. The summed E-state index contributed by atoms with van der Waals surface area (Å²) in [7, 11) is -3.46. The van der Waals surface area contributed by atoms with Crippen LogP contribution in [0, 0.1) is 17.8 Å². The summed E-state index contributed by atoms with van der Waals surface area (Å²) in [6.45, 7) is 8.43. The molecular weight excluding hydrogens is 410 g/mol. The Kier molecular flexibility index (Phi) is 7.34. The Balaban J connectivity index is 1.28. The number of piperidine rings is 3. The lowest BCUT2D eigenvalue weighted by Crippen LogP contribution is -2.49. The van der Waals surface area contributed by atoms with Gasteiger partial charge in [0.2, 0.25) is 15.9 Å². The molecule has 1 atom stereocenters. The van der Waals surface area contributed by atoms with Gasteiger partial charge in [-0.1, -0.05) is 25.1 Å². The monoisotopic (exact) mass is 447 g/mol. The highest BCUT2D eigenvalue weighted by Crippen LogP contribution is 2.28. The van der Waals surface area contributed by atoms with Gasteiger partial charge >= 0.3 is 0 Å². The predicted molar refractivity (Wildman–Crippen MR) is 122 cm³/mol. The maximum atomic E-state index is 13.2. The van der Waals surface area contributed by atoms with Gasteiger partial charge in [-0.3, -0.25) is 4.79 Å². The van der Waals surface area contributed by atoms with Crippen LogP contribution in [0.2, 0.25) is 0 Å². The second kappa shape index (κ2) is 10.0.